The summed E-state index contributed by atoms with van der Waals surface area (Å²) in [5, 5.41) is 18.9. The molecule has 0 aromatic rings. The Kier molecular flexibility index (Phi) is 26.4. The molecule has 0 spiro atoms. The Morgan fingerprint density at radius 1 is 0.615 bits per heavy atom. The Bertz CT molecular complexity index is 337. The molecule has 0 saturated heterocycles. The normalized spacial score (nSPS) is 10.7. The molecule has 4 nitrogen and oxygen atoms in total. The molecule has 0 aliphatic carbocycles. The molecule has 0 unspecified atom stereocenters. The van der Waals surface area contributed by atoms with Crippen LogP contribution in [0.15, 0.2) is 0 Å². The van der Waals surface area contributed by atoms with Gasteiger partial charge in [-0.15, -0.1) is 0 Å². The van der Waals surface area contributed by atoms with Gasteiger partial charge in [0.2, 0.25) is 0 Å². The second-order valence-electron chi connectivity index (χ2n) is 7.08. The van der Waals surface area contributed by atoms with Crippen molar-refractivity contribution in [1.82, 2.24) is 0 Å². The Labute approximate surface area is 225 Å². The van der Waals surface area contributed by atoms with Crippen LogP contribution in [0.1, 0.15) is 110 Å². The standard InChI is InChI=1S/C20H38O4.K.Na.2H/c1-3-5-7-8-9-10-11-12-13-15-17-20(18(21)22,19(23)24)16-14-6-4-2;;;;/h3-17H2,1-2H3,(H,21,22)(H,23,24);;;;. The molecule has 0 heterocycles. The van der Waals surface area contributed by atoms with E-state index in [-0.39, 0.29) is 93.8 Å². The van der Waals surface area contributed by atoms with E-state index in [0.29, 0.717) is 12.8 Å². The number of unbranched alkanes of at least 4 members (excludes halogenated alkanes) is 11. The molecule has 0 saturated carbocycles. The van der Waals surface area contributed by atoms with Crippen LogP contribution in [-0.4, -0.2) is 103 Å². The third-order valence-corrected chi connectivity index (χ3v) is 4.98. The molecule has 0 aromatic heterocycles. The van der Waals surface area contributed by atoms with Gasteiger partial charge in [0.25, 0.3) is 0 Å². The van der Waals surface area contributed by atoms with Crippen LogP contribution in [0.4, 0.5) is 0 Å². The van der Waals surface area contributed by atoms with Gasteiger partial charge in [-0.3, -0.25) is 9.59 Å². The van der Waals surface area contributed by atoms with E-state index in [0.717, 1.165) is 25.7 Å². The summed E-state index contributed by atoms with van der Waals surface area (Å²) in [6.45, 7) is 4.25. The minimum atomic E-state index is -1.57. The van der Waals surface area contributed by atoms with Crippen molar-refractivity contribution < 1.29 is 19.8 Å². The van der Waals surface area contributed by atoms with Crippen LogP contribution in [0.25, 0.3) is 0 Å². The number of carboxylic acid groups (broad SMARTS) is 2. The zero-order chi connectivity index (χ0) is 18.3. The molecule has 0 aromatic carbocycles. The van der Waals surface area contributed by atoms with E-state index in [1.807, 2.05) is 6.92 Å². The summed E-state index contributed by atoms with van der Waals surface area (Å²) in [5.74, 6) is -2.33. The van der Waals surface area contributed by atoms with Crippen molar-refractivity contribution in [2.45, 2.75) is 110 Å². The second kappa shape index (κ2) is 21.3. The fourth-order valence-electron chi connectivity index (χ4n) is 3.24. The third kappa shape index (κ3) is 14.6. The molecule has 0 radical (unpaired) electrons. The van der Waals surface area contributed by atoms with Gasteiger partial charge in [-0.25, -0.2) is 0 Å². The van der Waals surface area contributed by atoms with E-state index in [2.05, 4.69) is 6.92 Å². The topological polar surface area (TPSA) is 74.6 Å². The van der Waals surface area contributed by atoms with Gasteiger partial charge in [-0.2, -0.15) is 0 Å². The van der Waals surface area contributed by atoms with Crippen LogP contribution in [-0.2, 0) is 9.59 Å². The minimum absolute atomic E-state index is 0. The molecule has 6 heteroatoms. The van der Waals surface area contributed by atoms with Gasteiger partial charge in [0, 0.05) is 0 Å². The van der Waals surface area contributed by atoms with E-state index in [9.17, 15) is 19.8 Å². The maximum atomic E-state index is 11.6. The van der Waals surface area contributed by atoms with E-state index in [1.165, 1.54) is 44.9 Å². The van der Waals surface area contributed by atoms with Crippen LogP contribution >= 0.6 is 0 Å². The molecular weight excluding hydrogens is 366 g/mol. The van der Waals surface area contributed by atoms with E-state index in [1.54, 1.807) is 0 Å². The zero-order valence-electron chi connectivity index (χ0n) is 15.8. The van der Waals surface area contributed by atoms with Gasteiger partial charge in [-0.1, -0.05) is 97.3 Å². The first-order valence-corrected chi connectivity index (χ1v) is 9.98. The average molecular weight is 407 g/mol. The summed E-state index contributed by atoms with van der Waals surface area (Å²) in [5.41, 5.74) is -1.57. The summed E-state index contributed by atoms with van der Waals surface area (Å²) >= 11 is 0. The van der Waals surface area contributed by atoms with E-state index < -0.39 is 17.4 Å². The number of hydrogen-bond donors (Lipinski definition) is 2. The summed E-state index contributed by atoms with van der Waals surface area (Å²) in [6.07, 6.45) is 14.7. The van der Waals surface area contributed by atoms with Gasteiger partial charge >= 0.3 is 92.9 Å². The molecular formula is C20H40KNaO4. The quantitative estimate of drug-likeness (QED) is 0.208. The Morgan fingerprint density at radius 3 is 1.23 bits per heavy atom. The molecule has 0 fully saturated rings. The van der Waals surface area contributed by atoms with Crippen LogP contribution in [0.5, 0.6) is 0 Å². The van der Waals surface area contributed by atoms with Crippen molar-refractivity contribution in [3.05, 3.63) is 0 Å². The first-order valence-electron chi connectivity index (χ1n) is 9.98. The summed E-state index contributed by atoms with van der Waals surface area (Å²) < 4.78 is 0. The number of carboxylic acids is 2. The molecule has 0 aliphatic rings. The predicted molar refractivity (Wildman–Crippen MR) is 113 cm³/mol. The van der Waals surface area contributed by atoms with Gasteiger partial charge in [0.1, 0.15) is 0 Å². The summed E-state index contributed by atoms with van der Waals surface area (Å²) in [4.78, 5) is 23.1. The molecule has 0 atom stereocenters. The van der Waals surface area contributed by atoms with E-state index in [4.69, 9.17) is 0 Å². The van der Waals surface area contributed by atoms with Crippen molar-refractivity contribution in [2.75, 3.05) is 0 Å². The average Bonchev–Trinajstić information content (AvgIpc) is 2.54. The molecule has 26 heavy (non-hydrogen) atoms. The maximum absolute atomic E-state index is 11.6. The molecule has 2 N–H and O–H groups in total. The van der Waals surface area contributed by atoms with Crippen molar-refractivity contribution in [2.24, 2.45) is 5.41 Å². The van der Waals surface area contributed by atoms with Crippen molar-refractivity contribution >= 4 is 92.9 Å². The fourth-order valence-corrected chi connectivity index (χ4v) is 3.24. The zero-order valence-corrected chi connectivity index (χ0v) is 15.8. The number of aliphatic carboxylic acids is 2. The monoisotopic (exact) mass is 406 g/mol. The third-order valence-electron chi connectivity index (χ3n) is 4.98. The van der Waals surface area contributed by atoms with Crippen LogP contribution in [0, 0.1) is 5.41 Å². The predicted octanol–water partition coefficient (Wildman–Crippen LogP) is 4.74. The van der Waals surface area contributed by atoms with Gasteiger partial charge < -0.3 is 10.2 Å². The summed E-state index contributed by atoms with van der Waals surface area (Å²) in [6, 6.07) is 0. The molecule has 0 aliphatic heterocycles. The van der Waals surface area contributed by atoms with Crippen LogP contribution < -0.4 is 0 Å². The first kappa shape index (κ1) is 32.2. The molecule has 0 bridgehead atoms. The molecule has 0 amide bonds. The van der Waals surface area contributed by atoms with E-state index >= 15 is 0 Å². The molecule has 0 rings (SSSR count). The van der Waals surface area contributed by atoms with Gasteiger partial charge in [-0.05, 0) is 12.8 Å². The number of carbonyl (C=O) groups is 2. The first-order chi connectivity index (χ1) is 11.5. The number of rotatable bonds is 17. The van der Waals surface area contributed by atoms with Crippen molar-refractivity contribution in [3.8, 4) is 0 Å². The fraction of sp³-hybridized carbons (Fsp3) is 0.900. The van der Waals surface area contributed by atoms with Crippen molar-refractivity contribution in [1.29, 1.82) is 0 Å². The SMILES string of the molecule is CCCCCCCCCCCCC(CCCCC)(C(=O)O)C(=O)O.[KH].[NaH]. The van der Waals surface area contributed by atoms with Gasteiger partial charge in [0.15, 0.2) is 5.41 Å². The van der Waals surface area contributed by atoms with Crippen LogP contribution in [0.3, 0.4) is 0 Å². The Balaban J connectivity index is -0.00000264. The molecule has 146 valence electrons. The van der Waals surface area contributed by atoms with Crippen molar-refractivity contribution in [3.63, 3.8) is 0 Å². The Morgan fingerprint density at radius 2 is 0.885 bits per heavy atom. The summed E-state index contributed by atoms with van der Waals surface area (Å²) in [7, 11) is 0. The van der Waals surface area contributed by atoms with Crippen LogP contribution in [0.2, 0.25) is 0 Å². The second-order valence-corrected chi connectivity index (χ2v) is 7.08. The van der Waals surface area contributed by atoms with Gasteiger partial charge in [0.05, 0.1) is 0 Å². The number of hydrogen-bond acceptors (Lipinski definition) is 2. The Hall–Kier alpha value is 1.58.